The third kappa shape index (κ3) is 4.94. The Labute approximate surface area is 216 Å². The molecule has 0 saturated carbocycles. The van der Waals surface area contributed by atoms with Crippen molar-refractivity contribution in [1.82, 2.24) is 24.8 Å². The predicted octanol–water partition coefficient (Wildman–Crippen LogP) is 1.86. The van der Waals surface area contributed by atoms with Gasteiger partial charge in [0.15, 0.2) is 23.8 Å². The van der Waals surface area contributed by atoms with Gasteiger partial charge in [0.2, 0.25) is 11.9 Å². The first-order valence-electron chi connectivity index (χ1n) is 11.9. The number of halogens is 3. The second-order valence-electron chi connectivity index (χ2n) is 9.09. The van der Waals surface area contributed by atoms with Gasteiger partial charge in [-0.2, -0.15) is 0 Å². The van der Waals surface area contributed by atoms with E-state index in [-0.39, 0.29) is 24.2 Å². The van der Waals surface area contributed by atoms with E-state index in [1.807, 2.05) is 0 Å². The van der Waals surface area contributed by atoms with Crippen molar-refractivity contribution in [3.05, 3.63) is 71.4 Å². The number of benzene rings is 1. The lowest BCUT2D eigenvalue weighted by Crippen LogP contribution is -2.72. The van der Waals surface area contributed by atoms with Crippen LogP contribution in [0.15, 0.2) is 42.9 Å². The quantitative estimate of drug-likeness (QED) is 0.218. The Balaban J connectivity index is 1.62. The average Bonchev–Trinajstić information content (AvgIpc) is 3.32. The molecular formula is C25H28F3N7O3. The molecule has 2 amide bonds. The van der Waals surface area contributed by atoms with Crippen LogP contribution in [0.4, 0.5) is 24.9 Å². The highest BCUT2D eigenvalue weighted by Gasteiger charge is 2.55. The molecule has 0 radical (unpaired) electrons. The summed E-state index contributed by atoms with van der Waals surface area (Å²) in [6.45, 7) is 1.64. The van der Waals surface area contributed by atoms with E-state index in [0.717, 1.165) is 17.0 Å². The van der Waals surface area contributed by atoms with E-state index in [4.69, 9.17) is 5.73 Å². The minimum atomic E-state index is -1.73. The second-order valence-corrected chi connectivity index (χ2v) is 9.09. The fourth-order valence-corrected chi connectivity index (χ4v) is 4.69. The molecule has 4 rings (SSSR count). The molecule has 0 aliphatic carbocycles. The molecule has 1 aromatic carbocycles. The van der Waals surface area contributed by atoms with Crippen LogP contribution in [0, 0.1) is 23.4 Å². The lowest BCUT2D eigenvalue weighted by molar-refractivity contribution is -0.183. The number of imidazole rings is 1. The third-order valence-corrected chi connectivity index (χ3v) is 6.70. The molecule has 1 aliphatic heterocycles. The maximum absolute atomic E-state index is 14.5. The van der Waals surface area contributed by atoms with Crippen LogP contribution in [0.3, 0.4) is 0 Å². The number of nitrogens with two attached hydrogens (primary N) is 1. The molecule has 0 bridgehead atoms. The highest BCUT2D eigenvalue weighted by molar-refractivity contribution is 6.05. The zero-order chi connectivity index (χ0) is 27.7. The van der Waals surface area contributed by atoms with Gasteiger partial charge in [0.1, 0.15) is 11.9 Å². The number of likely N-dealkylation sites (N-methyl/N-ethyl adjacent to an activating group) is 1. The van der Waals surface area contributed by atoms with Crippen LogP contribution in [0.2, 0.25) is 0 Å². The molecule has 1 aliphatic rings. The summed E-state index contributed by atoms with van der Waals surface area (Å²) in [7, 11) is 3.20. The van der Waals surface area contributed by atoms with Gasteiger partial charge in [-0.25, -0.2) is 23.1 Å². The van der Waals surface area contributed by atoms with Crippen LogP contribution in [0.1, 0.15) is 30.5 Å². The topological polar surface area (TPSA) is 130 Å². The summed E-state index contributed by atoms with van der Waals surface area (Å²) in [6.07, 6.45) is 3.22. The number of amides is 2. The lowest BCUT2D eigenvalue weighted by Gasteiger charge is -2.49. The SMILES string of the molecule is CC[C@@H](NC(O)N1C(=O)[C@H](Cc2ccnc(N)c2)[C@H]1C(=O)N(C)c1nccn1C)c1ccc(F)c(F)c1F. The van der Waals surface area contributed by atoms with Gasteiger partial charge in [0, 0.05) is 44.3 Å². The number of rotatable bonds is 9. The van der Waals surface area contributed by atoms with E-state index in [9.17, 15) is 27.9 Å². The summed E-state index contributed by atoms with van der Waals surface area (Å²) in [4.78, 5) is 37.2. The molecule has 3 aromatic rings. The zero-order valence-electron chi connectivity index (χ0n) is 21.0. The van der Waals surface area contributed by atoms with Gasteiger partial charge < -0.3 is 15.4 Å². The number of hydrogen-bond donors (Lipinski definition) is 3. The highest BCUT2D eigenvalue weighted by atomic mass is 19.2. The molecule has 3 heterocycles. The number of nitrogens with one attached hydrogen (secondary N) is 1. The molecule has 202 valence electrons. The van der Waals surface area contributed by atoms with Crippen molar-refractivity contribution in [1.29, 1.82) is 0 Å². The van der Waals surface area contributed by atoms with E-state index in [0.29, 0.717) is 11.5 Å². The van der Waals surface area contributed by atoms with Crippen molar-refractivity contribution in [2.24, 2.45) is 13.0 Å². The van der Waals surface area contributed by atoms with E-state index < -0.39 is 53.6 Å². The third-order valence-electron chi connectivity index (χ3n) is 6.70. The van der Waals surface area contributed by atoms with Crippen molar-refractivity contribution >= 4 is 23.6 Å². The lowest BCUT2D eigenvalue weighted by atomic mass is 9.81. The molecule has 1 unspecified atom stereocenters. The van der Waals surface area contributed by atoms with E-state index in [1.54, 1.807) is 36.9 Å². The van der Waals surface area contributed by atoms with Crippen molar-refractivity contribution in [3.63, 3.8) is 0 Å². The van der Waals surface area contributed by atoms with E-state index in [2.05, 4.69) is 15.3 Å². The van der Waals surface area contributed by atoms with Gasteiger partial charge in [-0.15, -0.1) is 0 Å². The van der Waals surface area contributed by atoms with Crippen LogP contribution >= 0.6 is 0 Å². The molecular weight excluding hydrogens is 503 g/mol. The number of nitrogen functional groups attached to an aromatic ring is 1. The van der Waals surface area contributed by atoms with Crippen LogP contribution < -0.4 is 16.0 Å². The molecule has 0 spiro atoms. The maximum Gasteiger partial charge on any atom is 0.252 e. The number of nitrogens with zero attached hydrogens (tertiary/aromatic N) is 5. The Morgan fingerprint density at radius 2 is 1.95 bits per heavy atom. The Morgan fingerprint density at radius 3 is 2.58 bits per heavy atom. The van der Waals surface area contributed by atoms with Gasteiger partial charge in [-0.3, -0.25) is 24.7 Å². The van der Waals surface area contributed by atoms with E-state index in [1.165, 1.54) is 24.3 Å². The van der Waals surface area contributed by atoms with E-state index >= 15 is 0 Å². The number of aromatic nitrogens is 3. The number of likely N-dealkylation sites (tertiary alicyclic amines) is 1. The highest BCUT2D eigenvalue weighted by Crippen LogP contribution is 2.34. The summed E-state index contributed by atoms with van der Waals surface area (Å²) in [6, 6.07) is 3.00. The number of aliphatic hydroxyl groups is 1. The molecule has 2 aromatic heterocycles. The summed E-state index contributed by atoms with van der Waals surface area (Å²) >= 11 is 0. The Hall–Kier alpha value is -3.97. The molecule has 1 fully saturated rings. The average molecular weight is 532 g/mol. The summed E-state index contributed by atoms with van der Waals surface area (Å²) < 4.78 is 43.4. The number of carbonyl (C=O) groups is 2. The molecule has 4 atom stereocenters. The van der Waals surface area contributed by atoms with Crippen LogP contribution in [-0.4, -0.2) is 55.8 Å². The van der Waals surface area contributed by atoms with Gasteiger partial charge in [-0.05, 0) is 36.6 Å². The summed E-state index contributed by atoms with van der Waals surface area (Å²) in [5.41, 5.74) is 6.21. The molecule has 13 heteroatoms. The Kier molecular flexibility index (Phi) is 7.69. The smallest absolute Gasteiger partial charge is 0.252 e. The van der Waals surface area contributed by atoms with Crippen LogP contribution in [-0.2, 0) is 23.1 Å². The van der Waals surface area contributed by atoms with Crippen molar-refractivity contribution < 1.29 is 27.9 Å². The first kappa shape index (κ1) is 27.1. The Bertz CT molecular complexity index is 1350. The molecule has 1 saturated heterocycles. The number of aliphatic hydroxyl groups excluding tert-OH is 1. The standard InChI is InChI=1S/C25H28F3N7O3/c1-4-17(14-5-6-16(26)20(28)19(14)27)32-25(38)35-21(23(37)34(3)24-31-9-10-33(24)2)15(22(35)36)11-13-7-8-30-18(29)12-13/h5-10,12,15,17,21,25,32,38H,4,11H2,1-3H3,(H2,29,30)/t15-,17-,21+,25?/m1/s1. The fraction of sp³-hybridized carbons (Fsp3) is 0.360. The second kappa shape index (κ2) is 10.8. The van der Waals surface area contributed by atoms with Gasteiger partial charge >= 0.3 is 0 Å². The Morgan fingerprint density at radius 1 is 1.21 bits per heavy atom. The monoisotopic (exact) mass is 531 g/mol. The number of aryl methyl sites for hydroxylation is 1. The maximum atomic E-state index is 14.5. The number of anilines is 2. The molecule has 38 heavy (non-hydrogen) atoms. The summed E-state index contributed by atoms with van der Waals surface area (Å²) in [5.74, 6) is -5.71. The van der Waals surface area contributed by atoms with Crippen molar-refractivity contribution in [3.8, 4) is 0 Å². The minimum absolute atomic E-state index is 0.147. The number of pyridine rings is 1. The largest absolute Gasteiger partial charge is 0.384 e. The zero-order valence-corrected chi connectivity index (χ0v) is 21.0. The van der Waals surface area contributed by atoms with Crippen molar-refractivity contribution in [2.75, 3.05) is 17.7 Å². The van der Waals surface area contributed by atoms with Gasteiger partial charge in [-0.1, -0.05) is 13.0 Å². The number of carbonyl (C=O) groups excluding carboxylic acids is 2. The minimum Gasteiger partial charge on any atom is -0.384 e. The number of hydrogen-bond acceptors (Lipinski definition) is 7. The molecule has 10 nitrogen and oxygen atoms in total. The van der Waals surface area contributed by atoms with Crippen LogP contribution in [0.5, 0.6) is 0 Å². The normalized spacial score (nSPS) is 18.7. The van der Waals surface area contributed by atoms with Gasteiger partial charge in [0.05, 0.1) is 5.92 Å². The predicted molar refractivity (Wildman–Crippen MR) is 132 cm³/mol. The van der Waals surface area contributed by atoms with Crippen molar-refractivity contribution in [2.45, 2.75) is 38.2 Å². The van der Waals surface area contributed by atoms with Gasteiger partial charge in [0.25, 0.3) is 5.91 Å². The number of β-lactam (4-membered cyclic amide) rings is 1. The van der Waals surface area contributed by atoms with Crippen LogP contribution in [0.25, 0.3) is 0 Å². The fourth-order valence-electron chi connectivity index (χ4n) is 4.69. The first-order chi connectivity index (χ1) is 18.0. The first-order valence-corrected chi connectivity index (χ1v) is 11.9. The molecule has 4 N–H and O–H groups in total. The summed E-state index contributed by atoms with van der Waals surface area (Å²) in [5, 5.41) is 13.7.